The molecule has 0 aliphatic heterocycles. The van der Waals surface area contributed by atoms with E-state index in [-0.39, 0.29) is 18.9 Å². The summed E-state index contributed by atoms with van der Waals surface area (Å²) < 4.78 is 14.9. The SMILES string of the molecule is COC(=O)CNC(=O)c1ccc(NC(=O)Cc2ccc(OC)c(OC)c2)cc1. The van der Waals surface area contributed by atoms with Crippen molar-refractivity contribution in [2.75, 3.05) is 33.2 Å². The molecule has 2 rings (SSSR count). The van der Waals surface area contributed by atoms with Gasteiger partial charge in [-0.1, -0.05) is 6.07 Å². The zero-order chi connectivity index (χ0) is 20.5. The predicted octanol–water partition coefficient (Wildman–Crippen LogP) is 1.79. The van der Waals surface area contributed by atoms with Crippen molar-refractivity contribution in [2.45, 2.75) is 6.42 Å². The van der Waals surface area contributed by atoms with Crippen LogP contribution in [-0.4, -0.2) is 45.7 Å². The number of ether oxygens (including phenoxy) is 3. The van der Waals surface area contributed by atoms with Crippen LogP contribution in [0.3, 0.4) is 0 Å². The summed E-state index contributed by atoms with van der Waals surface area (Å²) in [6.45, 7) is -0.209. The first-order chi connectivity index (χ1) is 13.5. The van der Waals surface area contributed by atoms with Crippen molar-refractivity contribution in [1.29, 1.82) is 0 Å². The van der Waals surface area contributed by atoms with Gasteiger partial charge in [0.2, 0.25) is 5.91 Å². The molecule has 0 aliphatic rings. The molecule has 0 heterocycles. The molecule has 0 atom stereocenters. The number of carbonyl (C=O) groups is 3. The first-order valence-corrected chi connectivity index (χ1v) is 8.42. The number of amides is 2. The second-order valence-electron chi connectivity index (χ2n) is 5.75. The fourth-order valence-electron chi connectivity index (χ4n) is 2.41. The first-order valence-electron chi connectivity index (χ1n) is 8.42. The average molecular weight is 386 g/mol. The van der Waals surface area contributed by atoms with Gasteiger partial charge in [-0.05, 0) is 42.0 Å². The van der Waals surface area contributed by atoms with E-state index in [1.807, 2.05) is 0 Å². The molecule has 28 heavy (non-hydrogen) atoms. The number of hydrogen-bond acceptors (Lipinski definition) is 6. The van der Waals surface area contributed by atoms with E-state index < -0.39 is 11.9 Å². The Hall–Kier alpha value is -3.55. The molecule has 0 unspecified atom stereocenters. The highest BCUT2D eigenvalue weighted by Crippen LogP contribution is 2.27. The van der Waals surface area contributed by atoms with Gasteiger partial charge in [0.25, 0.3) is 5.91 Å². The van der Waals surface area contributed by atoms with Crippen LogP contribution in [0.15, 0.2) is 42.5 Å². The van der Waals surface area contributed by atoms with Crippen LogP contribution < -0.4 is 20.1 Å². The van der Waals surface area contributed by atoms with Crippen molar-refractivity contribution in [2.24, 2.45) is 0 Å². The third-order valence-corrected chi connectivity index (χ3v) is 3.86. The van der Waals surface area contributed by atoms with Crippen LogP contribution in [0.25, 0.3) is 0 Å². The number of methoxy groups -OCH3 is 3. The molecule has 0 radical (unpaired) electrons. The average Bonchev–Trinajstić information content (AvgIpc) is 2.71. The number of benzene rings is 2. The highest BCUT2D eigenvalue weighted by Gasteiger charge is 2.10. The Morgan fingerprint density at radius 2 is 1.57 bits per heavy atom. The summed E-state index contributed by atoms with van der Waals surface area (Å²) in [6, 6.07) is 11.6. The van der Waals surface area contributed by atoms with Crippen molar-refractivity contribution >= 4 is 23.5 Å². The molecule has 0 aliphatic carbocycles. The molecule has 8 nitrogen and oxygen atoms in total. The van der Waals surface area contributed by atoms with Gasteiger partial charge >= 0.3 is 5.97 Å². The summed E-state index contributed by atoms with van der Waals surface area (Å²) in [5.74, 6) is -0.0149. The maximum absolute atomic E-state index is 12.3. The molecule has 2 aromatic rings. The zero-order valence-electron chi connectivity index (χ0n) is 15.9. The van der Waals surface area contributed by atoms with Gasteiger partial charge in [-0.2, -0.15) is 0 Å². The molecular formula is C20H22N2O6. The predicted molar refractivity (Wildman–Crippen MR) is 103 cm³/mol. The fraction of sp³-hybridized carbons (Fsp3) is 0.250. The Labute approximate surface area is 162 Å². The maximum atomic E-state index is 12.3. The largest absolute Gasteiger partial charge is 0.493 e. The summed E-state index contributed by atoms with van der Waals surface area (Å²) in [7, 11) is 4.32. The molecule has 0 fully saturated rings. The lowest BCUT2D eigenvalue weighted by Gasteiger charge is -2.10. The Kier molecular flexibility index (Phi) is 7.38. The van der Waals surface area contributed by atoms with Crippen LogP contribution in [0.4, 0.5) is 5.69 Å². The van der Waals surface area contributed by atoms with Gasteiger partial charge < -0.3 is 24.8 Å². The smallest absolute Gasteiger partial charge is 0.325 e. The second-order valence-corrected chi connectivity index (χ2v) is 5.75. The molecule has 8 heteroatoms. The summed E-state index contributed by atoms with van der Waals surface area (Å²) in [6.07, 6.45) is 0.154. The molecule has 2 N–H and O–H groups in total. The lowest BCUT2D eigenvalue weighted by Crippen LogP contribution is -2.30. The van der Waals surface area contributed by atoms with Crippen molar-refractivity contribution < 1.29 is 28.6 Å². The highest BCUT2D eigenvalue weighted by molar-refractivity contribution is 5.97. The molecular weight excluding hydrogens is 364 g/mol. The van der Waals surface area contributed by atoms with E-state index in [1.165, 1.54) is 14.2 Å². The van der Waals surface area contributed by atoms with E-state index in [4.69, 9.17) is 9.47 Å². The zero-order valence-corrected chi connectivity index (χ0v) is 15.9. The van der Waals surface area contributed by atoms with Gasteiger partial charge in [-0.25, -0.2) is 0 Å². The third-order valence-electron chi connectivity index (χ3n) is 3.86. The summed E-state index contributed by atoms with van der Waals surface area (Å²) in [5, 5.41) is 5.20. The molecule has 148 valence electrons. The topological polar surface area (TPSA) is 103 Å². The van der Waals surface area contributed by atoms with Gasteiger partial charge in [0.15, 0.2) is 11.5 Å². The van der Waals surface area contributed by atoms with Crippen LogP contribution in [0.1, 0.15) is 15.9 Å². The molecule has 0 spiro atoms. The minimum absolute atomic E-state index is 0.154. The molecule has 2 amide bonds. The fourth-order valence-corrected chi connectivity index (χ4v) is 2.41. The van der Waals surface area contributed by atoms with E-state index in [1.54, 1.807) is 49.6 Å². The molecule has 0 saturated carbocycles. The maximum Gasteiger partial charge on any atom is 0.325 e. The van der Waals surface area contributed by atoms with Gasteiger partial charge in [-0.15, -0.1) is 0 Å². The Balaban J connectivity index is 1.94. The Morgan fingerprint density at radius 3 is 2.18 bits per heavy atom. The molecule has 0 bridgehead atoms. The monoisotopic (exact) mass is 386 g/mol. The van der Waals surface area contributed by atoms with Crippen molar-refractivity contribution in [3.8, 4) is 11.5 Å². The summed E-state index contributed by atoms with van der Waals surface area (Å²) in [5.41, 5.74) is 1.69. The van der Waals surface area contributed by atoms with Crippen molar-refractivity contribution in [1.82, 2.24) is 5.32 Å². The van der Waals surface area contributed by atoms with Crippen LogP contribution >= 0.6 is 0 Å². The number of hydrogen-bond donors (Lipinski definition) is 2. The summed E-state index contributed by atoms with van der Waals surface area (Å²) in [4.78, 5) is 35.2. The molecule has 2 aromatic carbocycles. The van der Waals surface area contributed by atoms with Gasteiger partial charge in [0, 0.05) is 11.3 Å². The third kappa shape index (κ3) is 5.73. The van der Waals surface area contributed by atoms with Crippen LogP contribution in [0.2, 0.25) is 0 Å². The van der Waals surface area contributed by atoms with E-state index in [0.717, 1.165) is 5.56 Å². The Bertz CT molecular complexity index is 848. The van der Waals surface area contributed by atoms with Crippen LogP contribution in [0, 0.1) is 0 Å². The standard InChI is InChI=1S/C20H22N2O6/c1-26-16-9-4-13(10-17(16)27-2)11-18(23)22-15-7-5-14(6-8-15)20(25)21-12-19(24)28-3/h4-10H,11-12H2,1-3H3,(H,21,25)(H,22,23). The number of anilines is 1. The van der Waals surface area contributed by atoms with E-state index in [9.17, 15) is 14.4 Å². The van der Waals surface area contributed by atoms with Gasteiger partial charge in [0.1, 0.15) is 6.54 Å². The highest BCUT2D eigenvalue weighted by atomic mass is 16.5. The lowest BCUT2D eigenvalue weighted by molar-refractivity contribution is -0.139. The number of esters is 1. The quantitative estimate of drug-likeness (QED) is 0.671. The number of carbonyl (C=O) groups excluding carboxylic acids is 3. The van der Waals surface area contributed by atoms with Gasteiger partial charge in [0.05, 0.1) is 27.8 Å². The van der Waals surface area contributed by atoms with Crippen LogP contribution in [0.5, 0.6) is 11.5 Å². The van der Waals surface area contributed by atoms with Crippen molar-refractivity contribution in [3.63, 3.8) is 0 Å². The van der Waals surface area contributed by atoms with Crippen LogP contribution in [-0.2, 0) is 20.7 Å². The lowest BCUT2D eigenvalue weighted by atomic mass is 10.1. The van der Waals surface area contributed by atoms with E-state index >= 15 is 0 Å². The second kappa shape index (κ2) is 9.96. The first kappa shape index (κ1) is 20.8. The minimum atomic E-state index is -0.535. The molecule has 0 saturated heterocycles. The molecule has 0 aromatic heterocycles. The number of nitrogens with one attached hydrogen (secondary N) is 2. The van der Waals surface area contributed by atoms with E-state index in [2.05, 4.69) is 15.4 Å². The minimum Gasteiger partial charge on any atom is -0.493 e. The Morgan fingerprint density at radius 1 is 0.893 bits per heavy atom. The number of rotatable bonds is 8. The summed E-state index contributed by atoms with van der Waals surface area (Å²) >= 11 is 0. The normalized spacial score (nSPS) is 9.96. The van der Waals surface area contributed by atoms with Gasteiger partial charge in [-0.3, -0.25) is 14.4 Å². The van der Waals surface area contributed by atoms with Crippen molar-refractivity contribution in [3.05, 3.63) is 53.6 Å². The van der Waals surface area contributed by atoms with E-state index in [0.29, 0.717) is 22.7 Å².